The number of halogens is 1. The predicted molar refractivity (Wildman–Crippen MR) is 73.4 cm³/mol. The van der Waals surface area contributed by atoms with Gasteiger partial charge in [-0.2, -0.15) is 0 Å². The molecule has 2 unspecified atom stereocenters. The van der Waals surface area contributed by atoms with Crippen molar-refractivity contribution in [3.8, 4) is 0 Å². The van der Waals surface area contributed by atoms with Crippen LogP contribution in [0.15, 0.2) is 24.3 Å². The second-order valence-corrected chi connectivity index (χ2v) is 5.40. The molecule has 0 amide bonds. The third-order valence-corrected chi connectivity index (χ3v) is 4.41. The lowest BCUT2D eigenvalue weighted by atomic mass is 9.83. The summed E-state index contributed by atoms with van der Waals surface area (Å²) in [5.74, 6) is 0.714. The van der Waals surface area contributed by atoms with Crippen molar-refractivity contribution < 1.29 is 0 Å². The number of hydrogen-bond acceptors (Lipinski definition) is 1. The van der Waals surface area contributed by atoms with E-state index < -0.39 is 0 Å². The fraction of sp³-hybridized carbons (Fsp3) is 0.571. The lowest BCUT2D eigenvalue weighted by molar-refractivity contribution is 0.482. The van der Waals surface area contributed by atoms with Gasteiger partial charge in [0.2, 0.25) is 0 Å². The zero-order valence-corrected chi connectivity index (χ0v) is 11.5. The monoisotopic (exact) mass is 281 g/mol. The highest BCUT2D eigenvalue weighted by atomic mass is 79.9. The molecule has 1 aromatic rings. The van der Waals surface area contributed by atoms with Gasteiger partial charge in [0.15, 0.2) is 0 Å². The molecule has 1 aliphatic carbocycles. The Hall–Kier alpha value is -0.340. The molecule has 0 saturated carbocycles. The minimum Gasteiger partial charge on any atom is -0.313 e. The van der Waals surface area contributed by atoms with E-state index in [4.69, 9.17) is 0 Å². The van der Waals surface area contributed by atoms with Crippen LogP contribution in [0.5, 0.6) is 0 Å². The van der Waals surface area contributed by atoms with Crippen molar-refractivity contribution in [2.45, 2.75) is 38.1 Å². The second-order valence-electron chi connectivity index (χ2n) is 4.75. The van der Waals surface area contributed by atoms with Crippen molar-refractivity contribution in [2.24, 2.45) is 0 Å². The fourth-order valence-electron chi connectivity index (χ4n) is 2.46. The lowest BCUT2D eigenvalue weighted by Crippen LogP contribution is -2.32. The summed E-state index contributed by atoms with van der Waals surface area (Å²) in [6.07, 6.45) is 3.94. The van der Waals surface area contributed by atoms with Crippen molar-refractivity contribution in [3.05, 3.63) is 35.4 Å². The maximum absolute atomic E-state index is 3.60. The third-order valence-electron chi connectivity index (χ3n) is 3.44. The molecular formula is C14H20BrN. The molecule has 0 aliphatic heterocycles. The molecule has 1 nitrogen and oxygen atoms in total. The Kier molecular flexibility index (Phi) is 4.42. The second kappa shape index (κ2) is 5.83. The lowest BCUT2D eigenvalue weighted by Gasteiger charge is -2.26. The van der Waals surface area contributed by atoms with Crippen LogP contribution in [-0.2, 0) is 6.42 Å². The van der Waals surface area contributed by atoms with Gasteiger partial charge in [0.25, 0.3) is 0 Å². The number of hydrogen-bond donors (Lipinski definition) is 1. The van der Waals surface area contributed by atoms with Crippen LogP contribution in [0.25, 0.3) is 0 Å². The molecular weight excluding hydrogens is 262 g/mol. The average Bonchev–Trinajstić information content (AvgIpc) is 2.35. The number of alkyl halides is 1. The number of aryl methyl sites for hydroxylation is 1. The molecule has 0 bridgehead atoms. The van der Waals surface area contributed by atoms with Crippen molar-refractivity contribution in [2.75, 3.05) is 11.9 Å². The Morgan fingerprint density at radius 3 is 3.06 bits per heavy atom. The van der Waals surface area contributed by atoms with Gasteiger partial charge < -0.3 is 5.32 Å². The smallest absolute Gasteiger partial charge is 0.0183 e. The van der Waals surface area contributed by atoms with Gasteiger partial charge >= 0.3 is 0 Å². The molecule has 0 radical (unpaired) electrons. The van der Waals surface area contributed by atoms with Crippen LogP contribution in [0.1, 0.15) is 36.8 Å². The van der Waals surface area contributed by atoms with Gasteiger partial charge in [-0.05, 0) is 43.2 Å². The predicted octanol–water partition coefficient (Wildman–Crippen LogP) is 3.48. The molecule has 0 fully saturated rings. The first-order chi connectivity index (χ1) is 7.81. The van der Waals surface area contributed by atoms with Crippen molar-refractivity contribution in [3.63, 3.8) is 0 Å². The molecule has 0 aromatic heterocycles. The van der Waals surface area contributed by atoms with Gasteiger partial charge in [-0.3, -0.25) is 0 Å². The van der Waals surface area contributed by atoms with Gasteiger partial charge in [-0.15, -0.1) is 0 Å². The molecule has 2 rings (SSSR count). The number of nitrogens with one attached hydrogen (secondary N) is 1. The summed E-state index contributed by atoms with van der Waals surface area (Å²) in [5, 5.41) is 4.63. The first-order valence-corrected chi connectivity index (χ1v) is 7.30. The van der Waals surface area contributed by atoms with E-state index in [-0.39, 0.29) is 0 Å². The molecule has 1 aliphatic rings. The standard InChI is InChI=1S/C14H20BrN/c1-11(9-15)16-10-13-7-4-6-12-5-2-3-8-14(12)13/h2-3,5,8,11,13,16H,4,6-7,9-10H2,1H3. The van der Waals surface area contributed by atoms with E-state index >= 15 is 0 Å². The fourth-order valence-corrected chi connectivity index (χ4v) is 2.69. The highest BCUT2D eigenvalue weighted by Gasteiger charge is 2.19. The SMILES string of the molecule is CC(CBr)NCC1CCCc2ccccc21. The molecule has 2 atom stereocenters. The maximum atomic E-state index is 3.60. The number of rotatable bonds is 4. The first kappa shape index (κ1) is 12.1. The normalized spacial score (nSPS) is 21.5. The Balaban J connectivity index is 2.01. The van der Waals surface area contributed by atoms with Crippen LogP contribution in [0.2, 0.25) is 0 Å². The quantitative estimate of drug-likeness (QED) is 0.834. The largest absolute Gasteiger partial charge is 0.313 e. The summed E-state index contributed by atoms with van der Waals surface area (Å²) >= 11 is 3.51. The highest BCUT2D eigenvalue weighted by Crippen LogP contribution is 2.30. The van der Waals surface area contributed by atoms with E-state index in [0.717, 1.165) is 11.9 Å². The average molecular weight is 282 g/mol. The molecule has 0 saturated heterocycles. The summed E-state index contributed by atoms with van der Waals surface area (Å²) in [7, 11) is 0. The zero-order valence-electron chi connectivity index (χ0n) is 9.88. The molecule has 0 heterocycles. The van der Waals surface area contributed by atoms with E-state index in [0.29, 0.717) is 12.0 Å². The van der Waals surface area contributed by atoms with Gasteiger partial charge in [0.05, 0.1) is 0 Å². The van der Waals surface area contributed by atoms with Gasteiger partial charge in [-0.1, -0.05) is 40.2 Å². The van der Waals surface area contributed by atoms with Crippen molar-refractivity contribution in [1.82, 2.24) is 5.32 Å². The molecule has 16 heavy (non-hydrogen) atoms. The van der Waals surface area contributed by atoms with E-state index in [2.05, 4.69) is 52.4 Å². The van der Waals surface area contributed by atoms with Crippen LogP contribution < -0.4 is 5.32 Å². The summed E-state index contributed by atoms with van der Waals surface area (Å²) in [4.78, 5) is 0. The van der Waals surface area contributed by atoms with E-state index in [1.54, 1.807) is 11.1 Å². The highest BCUT2D eigenvalue weighted by molar-refractivity contribution is 9.09. The minimum absolute atomic E-state index is 0.564. The van der Waals surface area contributed by atoms with Crippen molar-refractivity contribution in [1.29, 1.82) is 0 Å². The summed E-state index contributed by atoms with van der Waals surface area (Å²) in [6, 6.07) is 9.49. The van der Waals surface area contributed by atoms with Gasteiger partial charge in [-0.25, -0.2) is 0 Å². The summed E-state index contributed by atoms with van der Waals surface area (Å²) < 4.78 is 0. The van der Waals surface area contributed by atoms with Crippen LogP contribution in [0.4, 0.5) is 0 Å². The minimum atomic E-state index is 0.564. The topological polar surface area (TPSA) is 12.0 Å². The molecule has 88 valence electrons. The van der Waals surface area contributed by atoms with E-state index in [9.17, 15) is 0 Å². The maximum Gasteiger partial charge on any atom is 0.0183 e. The van der Waals surface area contributed by atoms with Crippen LogP contribution in [-0.4, -0.2) is 17.9 Å². The van der Waals surface area contributed by atoms with Crippen molar-refractivity contribution >= 4 is 15.9 Å². The van der Waals surface area contributed by atoms with Crippen LogP contribution >= 0.6 is 15.9 Å². The summed E-state index contributed by atoms with van der Waals surface area (Å²) in [5.41, 5.74) is 3.13. The Morgan fingerprint density at radius 2 is 2.25 bits per heavy atom. The Morgan fingerprint density at radius 1 is 1.44 bits per heavy atom. The zero-order chi connectivity index (χ0) is 11.4. The first-order valence-electron chi connectivity index (χ1n) is 6.18. The van der Waals surface area contributed by atoms with E-state index in [1.807, 2.05) is 0 Å². The van der Waals surface area contributed by atoms with Gasteiger partial charge in [0, 0.05) is 17.9 Å². The number of fused-ring (bicyclic) bond motifs is 1. The van der Waals surface area contributed by atoms with E-state index in [1.165, 1.54) is 19.3 Å². The molecule has 2 heteroatoms. The summed E-state index contributed by atoms with van der Waals surface area (Å²) in [6.45, 7) is 3.34. The Labute approximate surface area is 107 Å². The van der Waals surface area contributed by atoms with Crippen LogP contribution in [0, 0.1) is 0 Å². The van der Waals surface area contributed by atoms with Gasteiger partial charge in [0.1, 0.15) is 0 Å². The molecule has 1 aromatic carbocycles. The third kappa shape index (κ3) is 2.86. The number of benzene rings is 1. The molecule has 0 spiro atoms. The Bertz CT molecular complexity index is 337. The van der Waals surface area contributed by atoms with Crippen LogP contribution in [0.3, 0.4) is 0 Å². The molecule has 1 N–H and O–H groups in total.